The predicted octanol–water partition coefficient (Wildman–Crippen LogP) is 4.23. The van der Waals surface area contributed by atoms with Crippen LogP contribution in [0.3, 0.4) is 0 Å². The minimum Gasteiger partial charge on any atom is -0.378 e. The van der Waals surface area contributed by atoms with Crippen molar-refractivity contribution in [1.82, 2.24) is 5.32 Å². The van der Waals surface area contributed by atoms with E-state index in [0.29, 0.717) is 32.0 Å². The van der Waals surface area contributed by atoms with Crippen molar-refractivity contribution in [2.75, 3.05) is 36.5 Å². The molecule has 13 heteroatoms. The van der Waals surface area contributed by atoms with Gasteiger partial charge in [0, 0.05) is 25.2 Å². The monoisotopic (exact) mass is 488 g/mol. The number of halogens is 4. The molecule has 2 aromatic carbocycles. The van der Waals surface area contributed by atoms with Crippen LogP contribution in [0.2, 0.25) is 5.02 Å². The van der Waals surface area contributed by atoms with Gasteiger partial charge in [-0.05, 0) is 36.5 Å². The zero-order chi connectivity index (χ0) is 23.5. The Kier molecular flexibility index (Phi) is 7.16. The van der Waals surface area contributed by atoms with E-state index >= 15 is 0 Å². The molecule has 0 unspecified atom stereocenters. The summed E-state index contributed by atoms with van der Waals surface area (Å²) in [5.41, 5.74) is -0.747. The van der Waals surface area contributed by atoms with E-state index in [0.717, 1.165) is 30.3 Å². The van der Waals surface area contributed by atoms with Crippen LogP contribution in [0, 0.1) is 10.1 Å². The fourth-order valence-electron chi connectivity index (χ4n) is 3.02. The number of ether oxygens (including phenoxy) is 1. The molecule has 0 saturated carbocycles. The Bertz CT molecular complexity index is 1060. The third-order valence-corrected chi connectivity index (χ3v) is 5.08. The number of nitrogens with zero attached hydrogens (tertiary/aromatic N) is 2. The summed E-state index contributed by atoms with van der Waals surface area (Å²) in [7, 11) is 0. The van der Waals surface area contributed by atoms with E-state index in [1.165, 1.54) is 6.07 Å². The zero-order valence-electron chi connectivity index (χ0n) is 16.2. The minimum atomic E-state index is -4.57. The van der Waals surface area contributed by atoms with Crippen molar-refractivity contribution in [3.05, 3.63) is 62.7 Å². The highest BCUT2D eigenvalue weighted by Crippen LogP contribution is 2.35. The molecular formula is C19H16ClF3N4O4S. The Labute approximate surface area is 190 Å². The number of amides is 1. The Hall–Kier alpha value is -2.96. The number of non-ortho nitro benzene ring substituents is 1. The summed E-state index contributed by atoms with van der Waals surface area (Å²) in [5, 5.41) is 15.3. The van der Waals surface area contributed by atoms with Crippen LogP contribution >= 0.6 is 23.8 Å². The second-order valence-corrected chi connectivity index (χ2v) is 7.47. The van der Waals surface area contributed by atoms with Gasteiger partial charge in [0.2, 0.25) is 0 Å². The van der Waals surface area contributed by atoms with Crippen molar-refractivity contribution in [3.8, 4) is 0 Å². The Balaban J connectivity index is 1.81. The van der Waals surface area contributed by atoms with Crippen LogP contribution in [0.15, 0.2) is 36.4 Å². The summed E-state index contributed by atoms with van der Waals surface area (Å²) in [6, 6.07) is 6.46. The van der Waals surface area contributed by atoms with Crippen molar-refractivity contribution >= 4 is 51.9 Å². The number of rotatable bonds is 4. The molecule has 32 heavy (non-hydrogen) atoms. The largest absolute Gasteiger partial charge is 0.416 e. The van der Waals surface area contributed by atoms with Gasteiger partial charge in [-0.1, -0.05) is 11.6 Å². The number of anilines is 2. The van der Waals surface area contributed by atoms with Gasteiger partial charge in [-0.3, -0.25) is 20.2 Å². The van der Waals surface area contributed by atoms with E-state index in [1.54, 1.807) is 0 Å². The van der Waals surface area contributed by atoms with Gasteiger partial charge in [0.15, 0.2) is 5.11 Å². The standard InChI is InChI=1S/C19H16ClF3N4O4S/c20-14-10-12(27(29)30)2-3-13(14)17(28)25-18(32)24-15-9-11(19(21,22)23)1-4-16(15)26-5-7-31-8-6-26/h1-4,9-10H,5-8H2,(H2,24,25,28,32). The average Bonchev–Trinajstić information content (AvgIpc) is 2.73. The van der Waals surface area contributed by atoms with Crippen LogP contribution in [-0.2, 0) is 10.9 Å². The first-order valence-electron chi connectivity index (χ1n) is 9.16. The lowest BCUT2D eigenvalue weighted by Gasteiger charge is -2.31. The maximum absolute atomic E-state index is 13.2. The molecule has 8 nitrogen and oxygen atoms in total. The lowest BCUT2D eigenvalue weighted by atomic mass is 10.1. The van der Waals surface area contributed by atoms with Crippen molar-refractivity contribution in [1.29, 1.82) is 0 Å². The summed E-state index contributed by atoms with van der Waals surface area (Å²) < 4.78 is 44.9. The van der Waals surface area contributed by atoms with Crippen LogP contribution in [0.4, 0.5) is 30.2 Å². The van der Waals surface area contributed by atoms with Crippen LogP contribution in [0.25, 0.3) is 0 Å². The highest BCUT2D eigenvalue weighted by Gasteiger charge is 2.32. The number of nitrogens with one attached hydrogen (secondary N) is 2. The smallest absolute Gasteiger partial charge is 0.378 e. The van der Waals surface area contributed by atoms with Crippen molar-refractivity contribution in [2.45, 2.75) is 6.18 Å². The minimum absolute atomic E-state index is 0.0572. The molecule has 0 bridgehead atoms. The molecule has 0 radical (unpaired) electrons. The number of carbonyl (C=O) groups excluding carboxylic acids is 1. The Morgan fingerprint density at radius 3 is 2.47 bits per heavy atom. The van der Waals surface area contributed by atoms with Gasteiger partial charge in [0.25, 0.3) is 11.6 Å². The molecule has 0 aromatic heterocycles. The number of thiocarbonyl (C=S) groups is 1. The molecule has 170 valence electrons. The Morgan fingerprint density at radius 1 is 1.19 bits per heavy atom. The SMILES string of the molecule is O=C(NC(=S)Nc1cc(C(F)(F)F)ccc1N1CCOCC1)c1ccc([N+](=O)[O-])cc1Cl. The first-order chi connectivity index (χ1) is 15.1. The van der Waals surface area contributed by atoms with Gasteiger partial charge < -0.3 is 15.0 Å². The highest BCUT2D eigenvalue weighted by atomic mass is 35.5. The van der Waals surface area contributed by atoms with Crippen LogP contribution in [-0.4, -0.2) is 42.2 Å². The number of alkyl halides is 3. The van der Waals surface area contributed by atoms with E-state index in [2.05, 4.69) is 10.6 Å². The van der Waals surface area contributed by atoms with Gasteiger partial charge in [0.05, 0.1) is 45.7 Å². The van der Waals surface area contributed by atoms with E-state index in [-0.39, 0.29) is 27.1 Å². The van der Waals surface area contributed by atoms with Crippen molar-refractivity contribution in [2.24, 2.45) is 0 Å². The van der Waals surface area contributed by atoms with E-state index < -0.39 is 22.6 Å². The van der Waals surface area contributed by atoms with Crippen molar-refractivity contribution in [3.63, 3.8) is 0 Å². The second kappa shape index (κ2) is 9.67. The van der Waals surface area contributed by atoms with Gasteiger partial charge in [-0.15, -0.1) is 0 Å². The molecule has 0 atom stereocenters. The van der Waals surface area contributed by atoms with E-state index in [4.69, 9.17) is 28.6 Å². The molecule has 1 saturated heterocycles. The maximum atomic E-state index is 13.2. The van der Waals surface area contributed by atoms with Crippen LogP contribution in [0.5, 0.6) is 0 Å². The molecular weight excluding hydrogens is 473 g/mol. The highest BCUT2D eigenvalue weighted by molar-refractivity contribution is 7.80. The van der Waals surface area contributed by atoms with Gasteiger partial charge >= 0.3 is 6.18 Å². The lowest BCUT2D eigenvalue weighted by molar-refractivity contribution is -0.384. The first-order valence-corrected chi connectivity index (χ1v) is 9.95. The lowest BCUT2D eigenvalue weighted by Crippen LogP contribution is -2.38. The van der Waals surface area contributed by atoms with E-state index in [9.17, 15) is 28.1 Å². The van der Waals surface area contributed by atoms with Crippen LogP contribution in [0.1, 0.15) is 15.9 Å². The molecule has 2 aromatic rings. The van der Waals surface area contributed by atoms with Gasteiger partial charge in [-0.2, -0.15) is 13.2 Å². The van der Waals surface area contributed by atoms with E-state index in [1.807, 2.05) is 4.90 Å². The number of morpholine rings is 1. The normalized spacial score (nSPS) is 14.1. The first kappa shape index (κ1) is 23.7. The molecule has 1 aliphatic rings. The average molecular weight is 489 g/mol. The molecule has 3 rings (SSSR count). The zero-order valence-corrected chi connectivity index (χ0v) is 17.8. The van der Waals surface area contributed by atoms with Gasteiger partial charge in [0.1, 0.15) is 0 Å². The summed E-state index contributed by atoms with van der Waals surface area (Å²) >= 11 is 11.0. The fourth-order valence-corrected chi connectivity index (χ4v) is 3.48. The molecule has 1 amide bonds. The number of hydrogen-bond donors (Lipinski definition) is 2. The molecule has 1 heterocycles. The summed E-state index contributed by atoms with van der Waals surface area (Å²) in [5.74, 6) is -0.776. The summed E-state index contributed by atoms with van der Waals surface area (Å²) in [4.78, 5) is 24.4. The van der Waals surface area contributed by atoms with Crippen molar-refractivity contribution < 1.29 is 27.6 Å². The maximum Gasteiger partial charge on any atom is 0.416 e. The summed E-state index contributed by atoms with van der Waals surface area (Å²) in [6.07, 6.45) is -4.57. The quantitative estimate of drug-likeness (QED) is 0.377. The Morgan fingerprint density at radius 2 is 1.88 bits per heavy atom. The molecule has 2 N–H and O–H groups in total. The molecule has 1 fully saturated rings. The molecule has 0 aliphatic carbocycles. The molecule has 0 spiro atoms. The number of benzene rings is 2. The topological polar surface area (TPSA) is 96.7 Å². The second-order valence-electron chi connectivity index (χ2n) is 6.66. The van der Waals surface area contributed by atoms with Crippen LogP contribution < -0.4 is 15.5 Å². The number of nitro benzene ring substituents is 1. The molecule has 1 aliphatic heterocycles. The third-order valence-electron chi connectivity index (χ3n) is 4.56. The van der Waals surface area contributed by atoms with Gasteiger partial charge in [-0.25, -0.2) is 0 Å². The third kappa shape index (κ3) is 5.64. The fraction of sp³-hybridized carbons (Fsp3) is 0.263. The summed E-state index contributed by atoms with van der Waals surface area (Å²) in [6.45, 7) is 1.77. The predicted molar refractivity (Wildman–Crippen MR) is 116 cm³/mol. The number of nitro groups is 1. The number of hydrogen-bond acceptors (Lipinski definition) is 6. The number of carbonyl (C=O) groups is 1.